The third kappa shape index (κ3) is 2.08. The second-order valence-corrected chi connectivity index (χ2v) is 6.18. The summed E-state index contributed by atoms with van der Waals surface area (Å²) in [6, 6.07) is 5.86. The molecule has 0 atom stereocenters. The molecule has 0 aliphatic heterocycles. The van der Waals surface area contributed by atoms with Crippen LogP contribution in [0.25, 0.3) is 10.9 Å². The zero-order valence-corrected chi connectivity index (χ0v) is 10.9. The molecule has 0 bridgehead atoms. The van der Waals surface area contributed by atoms with E-state index in [1.165, 1.54) is 13.2 Å². The summed E-state index contributed by atoms with van der Waals surface area (Å²) in [5.74, 6) is 0.374. The highest BCUT2D eigenvalue weighted by molar-refractivity contribution is 7.89. The number of aromatic amines is 1. The van der Waals surface area contributed by atoms with Crippen LogP contribution in [0, 0.1) is 0 Å². The first-order valence-corrected chi connectivity index (χ1v) is 6.98. The van der Waals surface area contributed by atoms with Crippen LogP contribution in [-0.2, 0) is 10.0 Å². The number of fused-ring (bicyclic) bond motifs is 1. The van der Waals surface area contributed by atoms with E-state index < -0.39 is 10.0 Å². The molecule has 0 saturated carbocycles. The predicted octanol–water partition coefficient (Wildman–Crippen LogP) is 2.20. The highest BCUT2D eigenvalue weighted by Crippen LogP contribution is 2.26. The smallest absolute Gasteiger partial charge is 0.242 e. The number of hydrogen-bond acceptors (Lipinski definition) is 2. The van der Waals surface area contributed by atoms with E-state index in [0.29, 0.717) is 10.8 Å². The molecule has 2 aromatic rings. The fraction of sp³-hybridized carbons (Fsp3) is 0.333. The second kappa shape index (κ2) is 4.16. The van der Waals surface area contributed by atoms with E-state index in [9.17, 15) is 8.42 Å². The van der Waals surface area contributed by atoms with E-state index in [1.807, 2.05) is 18.2 Å². The van der Waals surface area contributed by atoms with E-state index in [2.05, 4.69) is 23.6 Å². The molecule has 0 aliphatic carbocycles. The van der Waals surface area contributed by atoms with Gasteiger partial charge in [-0.15, -0.1) is 0 Å². The Balaban J connectivity index is 2.71. The highest BCUT2D eigenvalue weighted by Gasteiger charge is 2.17. The fourth-order valence-electron chi connectivity index (χ4n) is 1.80. The molecule has 1 heterocycles. The van der Waals surface area contributed by atoms with E-state index in [-0.39, 0.29) is 0 Å². The predicted molar refractivity (Wildman–Crippen MR) is 68.6 cm³/mol. The van der Waals surface area contributed by atoms with Gasteiger partial charge in [0.25, 0.3) is 0 Å². The first-order chi connectivity index (χ1) is 7.95. The maximum atomic E-state index is 11.8. The molecule has 0 unspecified atom stereocenters. The Labute approximate surface area is 101 Å². The van der Waals surface area contributed by atoms with Gasteiger partial charge < -0.3 is 4.98 Å². The number of H-pyrrole nitrogens is 1. The molecular weight excluding hydrogens is 236 g/mol. The minimum atomic E-state index is -3.41. The van der Waals surface area contributed by atoms with E-state index >= 15 is 0 Å². The van der Waals surface area contributed by atoms with Gasteiger partial charge in [-0.05, 0) is 30.7 Å². The third-order valence-electron chi connectivity index (χ3n) is 2.89. The molecule has 0 saturated heterocycles. The average Bonchev–Trinajstić information content (AvgIpc) is 2.72. The monoisotopic (exact) mass is 252 g/mol. The van der Waals surface area contributed by atoms with Crippen molar-refractivity contribution in [1.82, 2.24) is 9.71 Å². The van der Waals surface area contributed by atoms with Crippen LogP contribution in [0.1, 0.15) is 25.3 Å². The second-order valence-electron chi connectivity index (χ2n) is 4.32. The molecule has 0 fully saturated rings. The van der Waals surface area contributed by atoms with Crippen molar-refractivity contribution in [3.8, 4) is 0 Å². The third-order valence-corrected chi connectivity index (χ3v) is 4.35. The highest BCUT2D eigenvalue weighted by atomic mass is 32.2. The lowest BCUT2D eigenvalue weighted by atomic mass is 10.0. The van der Waals surface area contributed by atoms with Crippen LogP contribution in [0.15, 0.2) is 29.3 Å². The lowest BCUT2D eigenvalue weighted by molar-refractivity contribution is 0.589. The van der Waals surface area contributed by atoms with Gasteiger partial charge in [0.2, 0.25) is 10.0 Å². The van der Waals surface area contributed by atoms with Crippen molar-refractivity contribution in [3.63, 3.8) is 0 Å². The molecule has 0 amide bonds. The normalized spacial score (nSPS) is 12.5. The summed E-state index contributed by atoms with van der Waals surface area (Å²) in [5.41, 5.74) is 1.97. The van der Waals surface area contributed by atoms with Gasteiger partial charge in [0.15, 0.2) is 0 Å². The largest absolute Gasteiger partial charge is 0.360 e. The van der Waals surface area contributed by atoms with Gasteiger partial charge in [-0.2, -0.15) is 0 Å². The van der Waals surface area contributed by atoms with Crippen molar-refractivity contribution in [2.24, 2.45) is 0 Å². The quantitative estimate of drug-likeness (QED) is 0.879. The van der Waals surface area contributed by atoms with E-state index in [1.54, 1.807) is 0 Å². The minimum Gasteiger partial charge on any atom is -0.360 e. The summed E-state index contributed by atoms with van der Waals surface area (Å²) in [6.07, 6.45) is 1.53. The molecule has 2 rings (SSSR count). The summed E-state index contributed by atoms with van der Waals surface area (Å²) in [6.45, 7) is 4.17. The summed E-state index contributed by atoms with van der Waals surface area (Å²) in [5, 5.41) is 0.741. The van der Waals surface area contributed by atoms with Gasteiger partial charge in [-0.1, -0.05) is 19.9 Å². The summed E-state index contributed by atoms with van der Waals surface area (Å²) >= 11 is 0. The first kappa shape index (κ1) is 12.1. The maximum absolute atomic E-state index is 11.8. The summed E-state index contributed by atoms with van der Waals surface area (Å²) < 4.78 is 26.0. The number of hydrogen-bond donors (Lipinski definition) is 2. The Morgan fingerprint density at radius 3 is 2.59 bits per heavy atom. The summed E-state index contributed by atoms with van der Waals surface area (Å²) in [4.78, 5) is 3.28. The number of aromatic nitrogens is 1. The molecule has 0 aliphatic rings. The minimum absolute atomic E-state index is 0.303. The van der Waals surface area contributed by atoms with Gasteiger partial charge in [-0.25, -0.2) is 13.1 Å². The van der Waals surface area contributed by atoms with Gasteiger partial charge in [-0.3, -0.25) is 0 Å². The Morgan fingerprint density at radius 1 is 1.29 bits per heavy atom. The van der Waals surface area contributed by atoms with Crippen LogP contribution in [0.5, 0.6) is 0 Å². The molecule has 4 nitrogen and oxygen atoms in total. The van der Waals surface area contributed by atoms with Crippen molar-refractivity contribution in [2.45, 2.75) is 24.7 Å². The van der Waals surface area contributed by atoms with Gasteiger partial charge in [0, 0.05) is 17.1 Å². The summed E-state index contributed by atoms with van der Waals surface area (Å²) in [7, 11) is -1.99. The van der Waals surface area contributed by atoms with Crippen LogP contribution in [0.4, 0.5) is 0 Å². The Morgan fingerprint density at radius 2 is 2.00 bits per heavy atom. The topological polar surface area (TPSA) is 62.0 Å². The lowest BCUT2D eigenvalue weighted by Crippen LogP contribution is -2.18. The molecule has 92 valence electrons. The van der Waals surface area contributed by atoms with Crippen LogP contribution in [0.2, 0.25) is 0 Å². The number of rotatable bonds is 3. The fourth-order valence-corrected chi connectivity index (χ4v) is 2.70. The Kier molecular flexibility index (Phi) is 2.97. The zero-order chi connectivity index (χ0) is 12.6. The molecule has 0 spiro atoms. The first-order valence-electron chi connectivity index (χ1n) is 5.50. The SMILES string of the molecule is CNS(=O)(=O)c1c[nH]c2ccc(C(C)C)cc12. The van der Waals surface area contributed by atoms with Crippen molar-refractivity contribution >= 4 is 20.9 Å². The van der Waals surface area contributed by atoms with Crippen LogP contribution < -0.4 is 4.72 Å². The Hall–Kier alpha value is -1.33. The molecule has 1 aromatic carbocycles. The van der Waals surface area contributed by atoms with Gasteiger partial charge in [0.05, 0.1) is 0 Å². The average molecular weight is 252 g/mol. The van der Waals surface area contributed by atoms with Crippen LogP contribution >= 0.6 is 0 Å². The van der Waals surface area contributed by atoms with Crippen molar-refractivity contribution < 1.29 is 8.42 Å². The Bertz CT molecular complexity index is 642. The van der Waals surface area contributed by atoms with Crippen molar-refractivity contribution in [1.29, 1.82) is 0 Å². The molecule has 17 heavy (non-hydrogen) atoms. The number of nitrogens with one attached hydrogen (secondary N) is 2. The lowest BCUT2D eigenvalue weighted by Gasteiger charge is -2.06. The van der Waals surface area contributed by atoms with Gasteiger partial charge >= 0.3 is 0 Å². The van der Waals surface area contributed by atoms with E-state index in [4.69, 9.17) is 0 Å². The molecule has 2 N–H and O–H groups in total. The van der Waals surface area contributed by atoms with Gasteiger partial charge in [0.1, 0.15) is 4.90 Å². The zero-order valence-electron chi connectivity index (χ0n) is 10.1. The molecule has 5 heteroatoms. The maximum Gasteiger partial charge on any atom is 0.242 e. The number of benzene rings is 1. The molecule has 1 aromatic heterocycles. The van der Waals surface area contributed by atoms with Crippen LogP contribution in [-0.4, -0.2) is 20.4 Å². The standard InChI is InChI=1S/C12H16N2O2S/c1-8(2)9-4-5-11-10(6-9)12(7-14-11)17(15,16)13-3/h4-8,13-14H,1-3H3. The number of sulfonamides is 1. The van der Waals surface area contributed by atoms with Crippen molar-refractivity contribution in [2.75, 3.05) is 7.05 Å². The van der Waals surface area contributed by atoms with E-state index in [0.717, 1.165) is 16.5 Å². The van der Waals surface area contributed by atoms with Crippen molar-refractivity contribution in [3.05, 3.63) is 30.0 Å². The molecule has 0 radical (unpaired) electrons. The van der Waals surface area contributed by atoms with Crippen LogP contribution in [0.3, 0.4) is 0 Å². The molecular formula is C12H16N2O2S.